The second-order valence-corrected chi connectivity index (χ2v) is 19.4. The molecule has 1 heterocycles. The van der Waals surface area contributed by atoms with Gasteiger partial charge in [-0.15, -0.1) is 11.3 Å². The van der Waals surface area contributed by atoms with Crippen molar-refractivity contribution in [1.29, 1.82) is 0 Å². The van der Waals surface area contributed by atoms with Crippen molar-refractivity contribution in [3.8, 4) is 66.8 Å². The van der Waals surface area contributed by atoms with E-state index in [0.29, 0.717) is 0 Å². The molecule has 0 bridgehead atoms. The predicted octanol–water partition coefficient (Wildman–Crippen LogP) is 18.5. The average molecular weight is 894 g/mol. The Morgan fingerprint density at radius 2 is 0.754 bits per heavy atom. The summed E-state index contributed by atoms with van der Waals surface area (Å²) in [6.07, 6.45) is 0. The third kappa shape index (κ3) is 6.09. The van der Waals surface area contributed by atoms with E-state index in [-0.39, 0.29) is 0 Å². The highest BCUT2D eigenvalue weighted by molar-refractivity contribution is 7.26. The Labute approximate surface area is 406 Å². The van der Waals surface area contributed by atoms with Gasteiger partial charge in [0.2, 0.25) is 0 Å². The van der Waals surface area contributed by atoms with Gasteiger partial charge in [-0.3, -0.25) is 0 Å². The molecule has 0 amide bonds. The number of rotatable bonds is 7. The van der Waals surface area contributed by atoms with E-state index in [1.807, 2.05) is 11.3 Å². The zero-order valence-electron chi connectivity index (χ0n) is 37.7. The zero-order valence-corrected chi connectivity index (χ0v) is 38.5. The van der Waals surface area contributed by atoms with Crippen LogP contribution in [0.2, 0.25) is 0 Å². The van der Waals surface area contributed by atoms with Crippen molar-refractivity contribution in [1.82, 2.24) is 0 Å². The van der Waals surface area contributed by atoms with Crippen molar-refractivity contribution < 1.29 is 0 Å². The summed E-state index contributed by atoms with van der Waals surface area (Å²) in [5, 5.41) is 2.64. The van der Waals surface area contributed by atoms with Gasteiger partial charge >= 0.3 is 0 Å². The Balaban J connectivity index is 1.13. The highest BCUT2D eigenvalue weighted by Crippen LogP contribution is 2.67. The summed E-state index contributed by atoms with van der Waals surface area (Å²) >= 11 is 1.93. The van der Waals surface area contributed by atoms with Crippen molar-refractivity contribution in [2.45, 2.75) is 5.41 Å². The van der Waals surface area contributed by atoms with Crippen LogP contribution in [0.1, 0.15) is 22.3 Å². The maximum atomic E-state index is 2.59. The molecule has 69 heavy (non-hydrogen) atoms. The molecule has 2 aliphatic rings. The highest BCUT2D eigenvalue weighted by atomic mass is 32.1. The summed E-state index contributed by atoms with van der Waals surface area (Å²) in [6, 6.07) is 97.1. The fourth-order valence-electron chi connectivity index (χ4n) is 11.7. The molecule has 0 N–H and O–H groups in total. The number of hydrogen-bond donors (Lipinski definition) is 0. The van der Waals surface area contributed by atoms with Crippen LogP contribution in [0, 0.1) is 0 Å². The Hall–Kier alpha value is -8.56. The lowest BCUT2D eigenvalue weighted by atomic mass is 9.70. The Morgan fingerprint density at radius 3 is 1.30 bits per heavy atom. The minimum Gasteiger partial charge on any atom is -0.310 e. The second kappa shape index (κ2) is 15.8. The summed E-state index contributed by atoms with van der Waals surface area (Å²) < 4.78 is 2.67. The van der Waals surface area contributed by atoms with Crippen LogP contribution in [0.15, 0.2) is 261 Å². The van der Waals surface area contributed by atoms with Gasteiger partial charge in [0, 0.05) is 42.7 Å². The molecule has 2 aliphatic carbocycles. The summed E-state index contributed by atoms with van der Waals surface area (Å²) in [4.78, 5) is 2.59. The van der Waals surface area contributed by atoms with Crippen LogP contribution in [0.25, 0.3) is 86.9 Å². The summed E-state index contributed by atoms with van der Waals surface area (Å²) in [5.74, 6) is 0. The smallest absolute Gasteiger partial charge is 0.0746 e. The van der Waals surface area contributed by atoms with E-state index in [4.69, 9.17) is 0 Å². The molecule has 1 unspecified atom stereocenters. The van der Waals surface area contributed by atoms with Crippen LogP contribution in [-0.4, -0.2) is 0 Å². The first-order valence-electron chi connectivity index (χ1n) is 23.8. The summed E-state index contributed by atoms with van der Waals surface area (Å²) in [5.41, 5.74) is 22.5. The van der Waals surface area contributed by atoms with Gasteiger partial charge in [-0.05, 0) is 126 Å². The van der Waals surface area contributed by atoms with Gasteiger partial charge in [-0.25, -0.2) is 0 Å². The van der Waals surface area contributed by atoms with E-state index < -0.39 is 5.41 Å². The summed E-state index contributed by atoms with van der Waals surface area (Å²) in [6.45, 7) is 0. The van der Waals surface area contributed by atoms with Crippen LogP contribution >= 0.6 is 11.3 Å². The van der Waals surface area contributed by atoms with Gasteiger partial charge in [-0.1, -0.05) is 212 Å². The first kappa shape index (κ1) is 39.6. The quantitative estimate of drug-likeness (QED) is 0.154. The normalized spacial score (nSPS) is 14.1. The number of fused-ring (bicyclic) bond motifs is 14. The minimum absolute atomic E-state index is 0.615. The molecule has 11 aromatic carbocycles. The highest BCUT2D eigenvalue weighted by Gasteiger charge is 2.54. The van der Waals surface area contributed by atoms with Gasteiger partial charge in [0.1, 0.15) is 0 Å². The molecular weight excluding hydrogens is 851 g/mol. The molecule has 0 saturated heterocycles. The molecule has 1 nitrogen and oxygen atoms in total. The number of hydrogen-bond acceptors (Lipinski definition) is 2. The largest absolute Gasteiger partial charge is 0.310 e. The molecule has 0 saturated carbocycles. The molecule has 0 radical (unpaired) electrons. The lowest BCUT2D eigenvalue weighted by molar-refractivity contribution is 0.793. The molecule has 12 aromatic rings. The number of anilines is 3. The number of thiophene rings is 1. The van der Waals surface area contributed by atoms with Crippen molar-refractivity contribution in [3.63, 3.8) is 0 Å². The Bertz CT molecular complexity index is 3710. The molecule has 1 aromatic heterocycles. The standard InChI is InChI=1S/C67H43NS/c1-5-20-44(21-6-1)48-38-49(45-22-7-2-8-23-45)41-52(40-48)68(53-42-50(46-24-9-3-10-25-46)39-51(43-53)47-26-11-4-12-27-47)62-34-19-31-56-54-28-13-16-32-59(54)67(65(56)62)60-33-17-14-30-58(60)64-61(67)37-36-57-55-29-15-18-35-63(55)69-66(57)64/h1-43H. The fourth-order valence-corrected chi connectivity index (χ4v) is 13.0. The van der Waals surface area contributed by atoms with E-state index in [1.54, 1.807) is 0 Å². The molecular formula is C67H43NS. The number of benzene rings is 11. The Kier molecular flexibility index (Phi) is 9.05. The number of nitrogens with zero attached hydrogens (tertiary/aromatic N) is 1. The van der Waals surface area contributed by atoms with Crippen LogP contribution in [0.4, 0.5) is 17.1 Å². The molecule has 2 heteroatoms. The maximum Gasteiger partial charge on any atom is 0.0746 e. The molecule has 0 fully saturated rings. The Morgan fingerprint density at radius 1 is 0.304 bits per heavy atom. The van der Waals surface area contributed by atoms with Crippen molar-refractivity contribution >= 4 is 48.6 Å². The third-order valence-electron chi connectivity index (χ3n) is 14.6. The van der Waals surface area contributed by atoms with Gasteiger partial charge < -0.3 is 4.90 Å². The topological polar surface area (TPSA) is 3.24 Å². The second-order valence-electron chi connectivity index (χ2n) is 18.3. The van der Waals surface area contributed by atoms with Crippen molar-refractivity contribution in [3.05, 3.63) is 283 Å². The van der Waals surface area contributed by atoms with Gasteiger partial charge in [0.25, 0.3) is 0 Å². The molecule has 1 atom stereocenters. The van der Waals surface area contributed by atoms with Gasteiger partial charge in [0.05, 0.1) is 11.1 Å². The van der Waals surface area contributed by atoms with E-state index in [1.165, 1.54) is 86.9 Å². The van der Waals surface area contributed by atoms with Crippen LogP contribution in [0.5, 0.6) is 0 Å². The van der Waals surface area contributed by atoms with Crippen molar-refractivity contribution in [2.24, 2.45) is 0 Å². The summed E-state index contributed by atoms with van der Waals surface area (Å²) in [7, 11) is 0. The van der Waals surface area contributed by atoms with E-state index in [2.05, 4.69) is 266 Å². The lowest BCUT2D eigenvalue weighted by Crippen LogP contribution is -2.28. The molecule has 322 valence electrons. The van der Waals surface area contributed by atoms with Crippen LogP contribution in [0.3, 0.4) is 0 Å². The maximum absolute atomic E-state index is 2.59. The first-order chi connectivity index (χ1) is 34.2. The van der Waals surface area contributed by atoms with E-state index in [0.717, 1.165) is 39.3 Å². The third-order valence-corrected chi connectivity index (χ3v) is 15.8. The lowest BCUT2D eigenvalue weighted by Gasteiger charge is -2.36. The fraction of sp³-hybridized carbons (Fsp3) is 0.0149. The van der Waals surface area contributed by atoms with E-state index in [9.17, 15) is 0 Å². The van der Waals surface area contributed by atoms with Gasteiger partial charge in [-0.2, -0.15) is 0 Å². The monoisotopic (exact) mass is 893 g/mol. The first-order valence-corrected chi connectivity index (χ1v) is 24.6. The van der Waals surface area contributed by atoms with Crippen LogP contribution < -0.4 is 4.90 Å². The average Bonchev–Trinajstić information content (AvgIpc) is 4.06. The van der Waals surface area contributed by atoms with Crippen LogP contribution in [-0.2, 0) is 5.41 Å². The van der Waals surface area contributed by atoms with E-state index >= 15 is 0 Å². The van der Waals surface area contributed by atoms with Crippen molar-refractivity contribution in [2.75, 3.05) is 4.90 Å². The minimum atomic E-state index is -0.615. The van der Waals surface area contributed by atoms with Gasteiger partial charge in [0.15, 0.2) is 0 Å². The molecule has 14 rings (SSSR count). The molecule has 1 spiro atoms. The molecule has 0 aliphatic heterocycles. The zero-order chi connectivity index (χ0) is 45.5. The predicted molar refractivity (Wildman–Crippen MR) is 292 cm³/mol. The SMILES string of the molecule is c1ccc(-c2cc(-c3ccccc3)cc(N(c3cc(-c4ccccc4)cc(-c4ccccc4)c3)c3cccc4c3C3(c5ccccc5-4)c4ccccc4-c4c3ccc3c4sc4ccccc43)c2)cc1.